The molecular formula is C16H22N2O. The van der Waals surface area contributed by atoms with Crippen molar-refractivity contribution in [1.29, 1.82) is 0 Å². The van der Waals surface area contributed by atoms with Crippen LogP contribution in [0.5, 0.6) is 0 Å². The summed E-state index contributed by atoms with van der Waals surface area (Å²) < 4.78 is 0. The Morgan fingerprint density at radius 2 is 2.21 bits per heavy atom. The fourth-order valence-corrected chi connectivity index (χ4v) is 3.39. The molecule has 3 heteroatoms. The Hall–Kier alpha value is -1.35. The molecular weight excluding hydrogens is 236 g/mol. The number of carbonyl (C=O) groups excluding carboxylic acids is 1. The van der Waals surface area contributed by atoms with E-state index in [9.17, 15) is 4.79 Å². The van der Waals surface area contributed by atoms with Gasteiger partial charge in [-0.25, -0.2) is 0 Å². The molecule has 0 aromatic heterocycles. The van der Waals surface area contributed by atoms with Crippen LogP contribution in [0.1, 0.15) is 36.4 Å². The van der Waals surface area contributed by atoms with Crippen molar-refractivity contribution in [3.05, 3.63) is 35.4 Å². The number of fused-ring (bicyclic) bond motifs is 1. The summed E-state index contributed by atoms with van der Waals surface area (Å²) in [5.74, 6) is 0.835. The first-order valence-corrected chi connectivity index (χ1v) is 7.30. The number of benzene rings is 1. The molecule has 0 bridgehead atoms. The molecule has 1 aliphatic heterocycles. The second-order valence-corrected chi connectivity index (χ2v) is 5.82. The maximum absolute atomic E-state index is 12.4. The molecule has 2 atom stereocenters. The minimum atomic E-state index is 0.290. The molecule has 0 radical (unpaired) electrons. The monoisotopic (exact) mass is 258 g/mol. The van der Waals surface area contributed by atoms with Gasteiger partial charge in [0, 0.05) is 13.5 Å². The van der Waals surface area contributed by atoms with E-state index in [1.165, 1.54) is 11.1 Å². The minimum Gasteiger partial charge on any atom is -0.339 e. The van der Waals surface area contributed by atoms with E-state index in [1.54, 1.807) is 0 Å². The lowest BCUT2D eigenvalue weighted by atomic mass is 10.0. The maximum atomic E-state index is 12.4. The molecule has 0 spiro atoms. The standard InChI is InChI=1S/C16H22N2O/c1-18(16(19)10-12-8-9-17-11-12)15-7-6-13-4-2-3-5-14(13)15/h2-5,12,15,17H,6-11H2,1H3. The third-order valence-electron chi connectivity index (χ3n) is 4.59. The first kappa shape index (κ1) is 12.7. The van der Waals surface area contributed by atoms with E-state index in [4.69, 9.17) is 0 Å². The highest BCUT2D eigenvalue weighted by atomic mass is 16.2. The molecule has 2 unspecified atom stereocenters. The van der Waals surface area contributed by atoms with Crippen LogP contribution in [-0.2, 0) is 11.2 Å². The van der Waals surface area contributed by atoms with Crippen LogP contribution in [0.2, 0.25) is 0 Å². The van der Waals surface area contributed by atoms with Crippen molar-refractivity contribution >= 4 is 5.91 Å². The summed E-state index contributed by atoms with van der Waals surface area (Å²) in [6, 6.07) is 8.82. The molecule has 1 aliphatic carbocycles. The van der Waals surface area contributed by atoms with E-state index in [-0.39, 0.29) is 6.04 Å². The Morgan fingerprint density at radius 1 is 1.37 bits per heavy atom. The second-order valence-electron chi connectivity index (χ2n) is 5.82. The zero-order valence-electron chi connectivity index (χ0n) is 11.6. The van der Waals surface area contributed by atoms with Crippen LogP contribution >= 0.6 is 0 Å². The van der Waals surface area contributed by atoms with Crippen molar-refractivity contribution in [2.45, 2.75) is 31.7 Å². The Labute approximate surface area is 115 Å². The van der Waals surface area contributed by atoms with Crippen molar-refractivity contribution in [1.82, 2.24) is 10.2 Å². The Balaban J connectivity index is 1.67. The molecule has 3 nitrogen and oxygen atoms in total. The molecule has 19 heavy (non-hydrogen) atoms. The van der Waals surface area contributed by atoms with Gasteiger partial charge in [0.05, 0.1) is 6.04 Å². The van der Waals surface area contributed by atoms with Crippen molar-refractivity contribution in [3.63, 3.8) is 0 Å². The van der Waals surface area contributed by atoms with Crippen LogP contribution in [-0.4, -0.2) is 30.9 Å². The molecule has 1 saturated heterocycles. The molecule has 1 fully saturated rings. The summed E-state index contributed by atoms with van der Waals surface area (Å²) >= 11 is 0. The van der Waals surface area contributed by atoms with Crippen LogP contribution in [0.25, 0.3) is 0 Å². The highest BCUT2D eigenvalue weighted by Crippen LogP contribution is 2.35. The van der Waals surface area contributed by atoms with E-state index in [2.05, 4.69) is 29.6 Å². The lowest BCUT2D eigenvalue weighted by Crippen LogP contribution is -2.31. The van der Waals surface area contributed by atoms with Gasteiger partial charge in [-0.05, 0) is 49.4 Å². The van der Waals surface area contributed by atoms with Gasteiger partial charge in [0.2, 0.25) is 5.91 Å². The average molecular weight is 258 g/mol. The van der Waals surface area contributed by atoms with Gasteiger partial charge in [-0.15, -0.1) is 0 Å². The smallest absolute Gasteiger partial charge is 0.223 e. The topological polar surface area (TPSA) is 32.3 Å². The van der Waals surface area contributed by atoms with E-state index in [1.807, 2.05) is 11.9 Å². The second kappa shape index (κ2) is 5.33. The van der Waals surface area contributed by atoms with E-state index >= 15 is 0 Å². The molecule has 1 heterocycles. The zero-order chi connectivity index (χ0) is 13.2. The SMILES string of the molecule is CN(C(=O)CC1CCNC1)C1CCc2ccccc21. The van der Waals surface area contributed by atoms with Gasteiger partial charge in [0.1, 0.15) is 0 Å². The van der Waals surface area contributed by atoms with Crippen molar-refractivity contribution in [2.24, 2.45) is 5.92 Å². The third-order valence-corrected chi connectivity index (χ3v) is 4.59. The fraction of sp³-hybridized carbons (Fsp3) is 0.562. The fourth-order valence-electron chi connectivity index (χ4n) is 3.39. The predicted molar refractivity (Wildman–Crippen MR) is 75.9 cm³/mol. The number of rotatable bonds is 3. The highest BCUT2D eigenvalue weighted by Gasteiger charge is 2.29. The molecule has 2 aliphatic rings. The maximum Gasteiger partial charge on any atom is 0.223 e. The molecule has 102 valence electrons. The van der Waals surface area contributed by atoms with Crippen LogP contribution < -0.4 is 5.32 Å². The average Bonchev–Trinajstić information content (AvgIpc) is 3.06. The van der Waals surface area contributed by atoms with Gasteiger partial charge in [0.15, 0.2) is 0 Å². The van der Waals surface area contributed by atoms with Crippen LogP contribution in [0.15, 0.2) is 24.3 Å². The minimum absolute atomic E-state index is 0.290. The number of nitrogens with one attached hydrogen (secondary N) is 1. The summed E-state index contributed by atoms with van der Waals surface area (Å²) in [6.07, 6.45) is 4.01. The van der Waals surface area contributed by atoms with Gasteiger partial charge >= 0.3 is 0 Å². The van der Waals surface area contributed by atoms with Gasteiger partial charge in [0.25, 0.3) is 0 Å². The van der Waals surface area contributed by atoms with Crippen molar-refractivity contribution in [2.75, 3.05) is 20.1 Å². The Bertz CT molecular complexity index is 466. The highest BCUT2D eigenvalue weighted by molar-refractivity contribution is 5.77. The van der Waals surface area contributed by atoms with E-state index in [0.717, 1.165) is 32.4 Å². The lowest BCUT2D eigenvalue weighted by Gasteiger charge is -2.26. The van der Waals surface area contributed by atoms with Gasteiger partial charge in [-0.1, -0.05) is 24.3 Å². The van der Waals surface area contributed by atoms with Gasteiger partial charge in [-0.3, -0.25) is 4.79 Å². The van der Waals surface area contributed by atoms with E-state index < -0.39 is 0 Å². The summed E-state index contributed by atoms with van der Waals surface area (Å²) in [6.45, 7) is 2.06. The number of aryl methyl sites for hydroxylation is 1. The summed E-state index contributed by atoms with van der Waals surface area (Å²) in [7, 11) is 1.97. The Morgan fingerprint density at radius 3 is 3.00 bits per heavy atom. The Kier molecular flexibility index (Phi) is 3.56. The number of hydrogen-bond donors (Lipinski definition) is 1. The molecule has 1 N–H and O–H groups in total. The molecule has 1 amide bonds. The number of carbonyl (C=O) groups is 1. The first-order chi connectivity index (χ1) is 9.25. The number of hydrogen-bond acceptors (Lipinski definition) is 2. The van der Waals surface area contributed by atoms with Crippen LogP contribution in [0, 0.1) is 5.92 Å². The quantitative estimate of drug-likeness (QED) is 0.901. The normalized spacial score (nSPS) is 25.3. The summed E-state index contributed by atoms with van der Waals surface area (Å²) in [5.41, 5.74) is 2.76. The summed E-state index contributed by atoms with van der Waals surface area (Å²) in [5, 5.41) is 3.33. The van der Waals surface area contributed by atoms with Gasteiger partial charge < -0.3 is 10.2 Å². The first-order valence-electron chi connectivity index (χ1n) is 7.30. The predicted octanol–water partition coefficient (Wildman–Crippen LogP) is 2.13. The molecule has 3 rings (SSSR count). The van der Waals surface area contributed by atoms with Crippen LogP contribution in [0.3, 0.4) is 0 Å². The lowest BCUT2D eigenvalue weighted by molar-refractivity contribution is -0.133. The molecule has 1 aromatic carbocycles. The zero-order valence-corrected chi connectivity index (χ0v) is 11.6. The molecule has 1 aromatic rings. The molecule has 0 saturated carbocycles. The summed E-state index contributed by atoms with van der Waals surface area (Å²) in [4.78, 5) is 14.4. The van der Waals surface area contributed by atoms with Crippen molar-refractivity contribution in [3.8, 4) is 0 Å². The van der Waals surface area contributed by atoms with Crippen LogP contribution in [0.4, 0.5) is 0 Å². The van der Waals surface area contributed by atoms with Crippen molar-refractivity contribution < 1.29 is 4.79 Å². The largest absolute Gasteiger partial charge is 0.339 e. The van der Waals surface area contributed by atoms with Gasteiger partial charge in [-0.2, -0.15) is 0 Å². The van der Waals surface area contributed by atoms with E-state index in [0.29, 0.717) is 18.2 Å². The third kappa shape index (κ3) is 2.52. The number of nitrogens with zero attached hydrogens (tertiary/aromatic N) is 1. The number of amides is 1.